The van der Waals surface area contributed by atoms with Crippen LogP contribution in [0.3, 0.4) is 0 Å². The smallest absolute Gasteiger partial charge is 0.247 e. The molecule has 1 aromatic rings. The maximum absolute atomic E-state index is 12.3. The molecule has 1 heterocycles. The van der Waals surface area contributed by atoms with Crippen LogP contribution in [0.4, 0.5) is 5.69 Å². The molecule has 1 saturated heterocycles. The Kier molecular flexibility index (Phi) is 7.32. The molecule has 0 radical (unpaired) electrons. The number of carbonyl (C=O) groups excluding carboxylic acids is 1. The van der Waals surface area contributed by atoms with Gasteiger partial charge in [-0.25, -0.2) is 0 Å². The van der Waals surface area contributed by atoms with Crippen molar-refractivity contribution in [2.24, 2.45) is 5.92 Å². The van der Waals surface area contributed by atoms with Gasteiger partial charge in [0, 0.05) is 49.5 Å². The largest absolute Gasteiger partial charge is 0.497 e. The highest BCUT2D eigenvalue weighted by atomic mass is 16.5. The van der Waals surface area contributed by atoms with E-state index in [1.165, 1.54) is 31.5 Å². The van der Waals surface area contributed by atoms with Crippen molar-refractivity contribution < 1.29 is 9.53 Å². The number of anilines is 1. The third kappa shape index (κ3) is 5.57. The Labute approximate surface area is 181 Å². The van der Waals surface area contributed by atoms with Gasteiger partial charge < -0.3 is 15.0 Å². The average Bonchev–Trinajstić information content (AvgIpc) is 3.34. The van der Waals surface area contributed by atoms with E-state index in [-0.39, 0.29) is 5.91 Å². The van der Waals surface area contributed by atoms with Crippen LogP contribution < -0.4 is 15.0 Å². The molecule has 1 N–H and O–H groups in total. The summed E-state index contributed by atoms with van der Waals surface area (Å²) in [6.07, 6.45) is 11.4. The van der Waals surface area contributed by atoms with E-state index in [4.69, 9.17) is 4.74 Å². The van der Waals surface area contributed by atoms with Gasteiger partial charge in [0.25, 0.3) is 0 Å². The van der Waals surface area contributed by atoms with Crippen LogP contribution in [0.2, 0.25) is 0 Å². The third-order valence-electron chi connectivity index (χ3n) is 7.16. The minimum Gasteiger partial charge on any atom is -0.497 e. The van der Waals surface area contributed by atoms with Crippen LogP contribution in [0.1, 0.15) is 51.4 Å². The fraction of sp³-hybridized carbons (Fsp3) is 0.640. The predicted molar refractivity (Wildman–Crippen MR) is 122 cm³/mol. The van der Waals surface area contributed by atoms with E-state index in [9.17, 15) is 4.79 Å². The van der Waals surface area contributed by atoms with Crippen LogP contribution >= 0.6 is 0 Å². The highest BCUT2D eigenvalue weighted by molar-refractivity contribution is 5.93. The maximum Gasteiger partial charge on any atom is 0.247 e. The molecular formula is C25H37N3O2. The lowest BCUT2D eigenvalue weighted by atomic mass is 9.84. The van der Waals surface area contributed by atoms with Crippen molar-refractivity contribution in [1.29, 1.82) is 0 Å². The molecule has 1 aromatic carbocycles. The first kappa shape index (κ1) is 21.2. The summed E-state index contributed by atoms with van der Waals surface area (Å²) in [5.74, 6) is 1.95. The van der Waals surface area contributed by atoms with E-state index in [1.54, 1.807) is 7.11 Å². The molecule has 1 amide bonds. The number of amides is 1. The van der Waals surface area contributed by atoms with Crippen molar-refractivity contribution in [2.75, 3.05) is 44.7 Å². The first-order chi connectivity index (χ1) is 14.7. The van der Waals surface area contributed by atoms with E-state index < -0.39 is 0 Å². The number of allylic oxidation sites excluding steroid dienone is 1. The average molecular weight is 412 g/mol. The number of carbonyl (C=O) groups is 1. The van der Waals surface area contributed by atoms with Gasteiger partial charge in [0.15, 0.2) is 0 Å². The fourth-order valence-electron chi connectivity index (χ4n) is 5.15. The molecule has 30 heavy (non-hydrogen) atoms. The Morgan fingerprint density at radius 1 is 1.13 bits per heavy atom. The third-order valence-corrected chi connectivity index (χ3v) is 7.16. The molecular weight excluding hydrogens is 374 g/mol. The minimum atomic E-state index is 0.199. The Balaban J connectivity index is 1.13. The van der Waals surface area contributed by atoms with E-state index >= 15 is 0 Å². The molecule has 0 bridgehead atoms. The van der Waals surface area contributed by atoms with Crippen LogP contribution in [-0.2, 0) is 4.79 Å². The summed E-state index contributed by atoms with van der Waals surface area (Å²) in [7, 11) is 1.73. The van der Waals surface area contributed by atoms with Crippen molar-refractivity contribution in [1.82, 2.24) is 10.2 Å². The number of methoxy groups -OCH3 is 1. The summed E-state index contributed by atoms with van der Waals surface area (Å²) in [6.45, 7) is 5.65. The standard InChI is InChI=1S/C25H37N3O2/c1-30-24-8-4-7-23(19-24)28-17-15-27(16-18-28)14-13-20-9-11-22(12-10-20)26-25(29)21-5-2-3-6-21/h4-5,7-8,19-20,22H,2-3,6,9-18H2,1H3,(H,26,29). The zero-order chi connectivity index (χ0) is 20.8. The van der Waals surface area contributed by atoms with Gasteiger partial charge in [0.2, 0.25) is 5.91 Å². The maximum atomic E-state index is 12.3. The van der Waals surface area contributed by atoms with E-state index in [0.717, 1.165) is 75.5 Å². The van der Waals surface area contributed by atoms with Crippen molar-refractivity contribution >= 4 is 11.6 Å². The Morgan fingerprint density at radius 2 is 1.93 bits per heavy atom. The van der Waals surface area contributed by atoms with Gasteiger partial charge in [-0.05, 0) is 76.0 Å². The number of benzene rings is 1. The minimum absolute atomic E-state index is 0.199. The SMILES string of the molecule is COc1cccc(N2CCN(CCC3CCC(NC(=O)C4=CCCC4)CC3)CC2)c1. The number of hydrogen-bond donors (Lipinski definition) is 1. The number of piperazine rings is 1. The molecule has 4 rings (SSSR count). The van der Waals surface area contributed by atoms with Gasteiger partial charge in [0.05, 0.1) is 7.11 Å². The van der Waals surface area contributed by atoms with E-state index in [0.29, 0.717) is 6.04 Å². The lowest BCUT2D eigenvalue weighted by Gasteiger charge is -2.37. The summed E-state index contributed by atoms with van der Waals surface area (Å²) in [4.78, 5) is 17.4. The van der Waals surface area contributed by atoms with Gasteiger partial charge in [-0.15, -0.1) is 0 Å². The van der Waals surface area contributed by atoms with Crippen LogP contribution in [-0.4, -0.2) is 56.7 Å². The predicted octanol–water partition coefficient (Wildman–Crippen LogP) is 3.99. The number of nitrogens with zero attached hydrogens (tertiary/aromatic N) is 2. The van der Waals surface area contributed by atoms with Crippen molar-refractivity contribution in [2.45, 2.75) is 57.4 Å². The second-order valence-electron chi connectivity index (χ2n) is 9.13. The molecule has 2 fully saturated rings. The van der Waals surface area contributed by atoms with Gasteiger partial charge in [-0.3, -0.25) is 9.69 Å². The summed E-state index contributed by atoms with van der Waals surface area (Å²) >= 11 is 0. The molecule has 0 aromatic heterocycles. The number of nitrogens with one attached hydrogen (secondary N) is 1. The molecule has 0 unspecified atom stereocenters. The zero-order valence-corrected chi connectivity index (χ0v) is 18.4. The summed E-state index contributed by atoms with van der Waals surface area (Å²) in [5.41, 5.74) is 2.29. The lowest BCUT2D eigenvalue weighted by molar-refractivity contribution is -0.118. The molecule has 1 saturated carbocycles. The van der Waals surface area contributed by atoms with E-state index in [1.807, 2.05) is 6.07 Å². The zero-order valence-electron chi connectivity index (χ0n) is 18.4. The monoisotopic (exact) mass is 411 g/mol. The lowest BCUT2D eigenvalue weighted by Crippen LogP contribution is -2.47. The first-order valence-electron chi connectivity index (χ1n) is 11.8. The molecule has 1 aliphatic heterocycles. The van der Waals surface area contributed by atoms with E-state index in [2.05, 4.69) is 39.4 Å². The molecule has 5 heteroatoms. The highest BCUT2D eigenvalue weighted by Crippen LogP contribution is 2.28. The van der Waals surface area contributed by atoms with Crippen LogP contribution in [0.5, 0.6) is 5.75 Å². The Bertz CT molecular complexity index is 732. The Morgan fingerprint density at radius 3 is 2.63 bits per heavy atom. The Hall–Kier alpha value is -2.01. The summed E-state index contributed by atoms with van der Waals surface area (Å²) in [6, 6.07) is 8.78. The molecule has 3 aliphatic rings. The topological polar surface area (TPSA) is 44.8 Å². The molecule has 5 nitrogen and oxygen atoms in total. The molecule has 0 atom stereocenters. The molecule has 2 aliphatic carbocycles. The van der Waals surface area contributed by atoms with Crippen LogP contribution in [0.15, 0.2) is 35.9 Å². The van der Waals surface area contributed by atoms with Crippen LogP contribution in [0.25, 0.3) is 0 Å². The summed E-state index contributed by atoms with van der Waals surface area (Å²) < 4.78 is 5.36. The second-order valence-corrected chi connectivity index (χ2v) is 9.13. The summed E-state index contributed by atoms with van der Waals surface area (Å²) in [5, 5.41) is 3.28. The van der Waals surface area contributed by atoms with Crippen molar-refractivity contribution in [3.05, 3.63) is 35.9 Å². The number of ether oxygens (including phenoxy) is 1. The highest BCUT2D eigenvalue weighted by Gasteiger charge is 2.25. The van der Waals surface area contributed by atoms with Crippen LogP contribution in [0, 0.1) is 5.92 Å². The van der Waals surface area contributed by atoms with Crippen molar-refractivity contribution in [3.63, 3.8) is 0 Å². The fourth-order valence-corrected chi connectivity index (χ4v) is 5.15. The normalized spacial score (nSPS) is 25.1. The van der Waals surface area contributed by atoms with Crippen molar-refractivity contribution in [3.8, 4) is 5.75 Å². The second kappa shape index (κ2) is 10.3. The number of rotatable bonds is 7. The molecule has 0 spiro atoms. The molecule has 164 valence electrons. The first-order valence-corrected chi connectivity index (χ1v) is 11.8. The number of hydrogen-bond acceptors (Lipinski definition) is 4. The quantitative estimate of drug-likeness (QED) is 0.737. The van der Waals surface area contributed by atoms with Gasteiger partial charge in [0.1, 0.15) is 5.75 Å². The van der Waals surface area contributed by atoms with Gasteiger partial charge in [-0.2, -0.15) is 0 Å². The van der Waals surface area contributed by atoms with Gasteiger partial charge in [-0.1, -0.05) is 12.1 Å². The van der Waals surface area contributed by atoms with Gasteiger partial charge >= 0.3 is 0 Å².